The lowest BCUT2D eigenvalue weighted by molar-refractivity contribution is 0.0928. The maximum atomic E-state index is 8.93. The summed E-state index contributed by atoms with van der Waals surface area (Å²) >= 11 is 0. The minimum absolute atomic E-state index is 0.502. The number of benzene rings is 1. The van der Waals surface area contributed by atoms with Crippen molar-refractivity contribution in [3.8, 4) is 11.8 Å². The lowest BCUT2D eigenvalue weighted by atomic mass is 10.1. The number of rotatable bonds is 7. The summed E-state index contributed by atoms with van der Waals surface area (Å²) in [6, 6.07) is 7.57. The Kier molecular flexibility index (Phi) is 6.08. The Bertz CT molecular complexity index is 385. The molecule has 1 aromatic carbocycles. The molecule has 0 saturated carbocycles. The molecule has 0 heterocycles. The predicted molar refractivity (Wildman–Crippen MR) is 63.9 cm³/mol. The standard InChI is InChI=1S/C13H17NO3/c1-15-6-3-7-17-10-11-4-5-13(16-2)12(8-11)9-14/h4-5,8H,3,6-7,10H2,1-2H3. The molecule has 0 aliphatic carbocycles. The van der Waals surface area contributed by atoms with E-state index in [0.717, 1.165) is 12.0 Å². The highest BCUT2D eigenvalue weighted by atomic mass is 16.5. The molecule has 0 aliphatic rings. The molecule has 0 saturated heterocycles. The van der Waals surface area contributed by atoms with Crippen LogP contribution in [0.15, 0.2) is 18.2 Å². The summed E-state index contributed by atoms with van der Waals surface area (Å²) in [5, 5.41) is 8.93. The van der Waals surface area contributed by atoms with Crippen LogP contribution in [0.1, 0.15) is 17.5 Å². The van der Waals surface area contributed by atoms with Gasteiger partial charge in [-0.25, -0.2) is 0 Å². The van der Waals surface area contributed by atoms with E-state index >= 15 is 0 Å². The second-order valence-electron chi connectivity index (χ2n) is 3.55. The monoisotopic (exact) mass is 235 g/mol. The van der Waals surface area contributed by atoms with Crippen LogP contribution in [0, 0.1) is 11.3 Å². The summed E-state index contributed by atoms with van der Waals surface area (Å²) in [6.45, 7) is 1.86. The van der Waals surface area contributed by atoms with Gasteiger partial charge in [-0.2, -0.15) is 5.26 Å². The van der Waals surface area contributed by atoms with Crippen LogP contribution in [0.3, 0.4) is 0 Å². The first-order valence-electron chi connectivity index (χ1n) is 5.45. The van der Waals surface area contributed by atoms with Crippen LogP contribution in [0.5, 0.6) is 5.75 Å². The van der Waals surface area contributed by atoms with Crippen molar-refractivity contribution in [3.05, 3.63) is 29.3 Å². The normalized spacial score (nSPS) is 9.94. The topological polar surface area (TPSA) is 51.5 Å². The Labute approximate surface area is 102 Å². The van der Waals surface area contributed by atoms with Gasteiger partial charge in [0.05, 0.1) is 19.3 Å². The average molecular weight is 235 g/mol. The van der Waals surface area contributed by atoms with Crippen LogP contribution < -0.4 is 4.74 Å². The summed E-state index contributed by atoms with van der Waals surface area (Å²) in [5.41, 5.74) is 1.50. The molecule has 4 nitrogen and oxygen atoms in total. The van der Waals surface area contributed by atoms with Gasteiger partial charge in [0, 0.05) is 20.3 Å². The van der Waals surface area contributed by atoms with Gasteiger partial charge in [0.2, 0.25) is 0 Å². The van der Waals surface area contributed by atoms with Gasteiger partial charge >= 0.3 is 0 Å². The zero-order valence-corrected chi connectivity index (χ0v) is 10.2. The third-order valence-electron chi connectivity index (χ3n) is 2.29. The van der Waals surface area contributed by atoms with Crippen LogP contribution in [-0.2, 0) is 16.1 Å². The highest BCUT2D eigenvalue weighted by Crippen LogP contribution is 2.19. The van der Waals surface area contributed by atoms with E-state index in [2.05, 4.69) is 6.07 Å². The van der Waals surface area contributed by atoms with Crippen molar-refractivity contribution in [1.29, 1.82) is 5.26 Å². The van der Waals surface area contributed by atoms with Crippen molar-refractivity contribution in [1.82, 2.24) is 0 Å². The van der Waals surface area contributed by atoms with E-state index in [1.165, 1.54) is 0 Å². The maximum Gasteiger partial charge on any atom is 0.136 e. The van der Waals surface area contributed by atoms with Crippen LogP contribution in [0.4, 0.5) is 0 Å². The van der Waals surface area contributed by atoms with Gasteiger partial charge in [0.15, 0.2) is 0 Å². The van der Waals surface area contributed by atoms with Crippen molar-refractivity contribution < 1.29 is 14.2 Å². The number of hydrogen-bond donors (Lipinski definition) is 0. The molecule has 0 unspecified atom stereocenters. The molecule has 17 heavy (non-hydrogen) atoms. The van der Waals surface area contributed by atoms with E-state index in [1.807, 2.05) is 6.07 Å². The van der Waals surface area contributed by atoms with Crippen LogP contribution >= 0.6 is 0 Å². The summed E-state index contributed by atoms with van der Waals surface area (Å²) in [6.07, 6.45) is 0.873. The van der Waals surface area contributed by atoms with Crippen molar-refractivity contribution in [2.45, 2.75) is 13.0 Å². The summed E-state index contributed by atoms with van der Waals surface area (Å²) in [7, 11) is 3.22. The molecule has 0 amide bonds. The Hall–Kier alpha value is -1.57. The molecular formula is C13H17NO3. The minimum atomic E-state index is 0.502. The lowest BCUT2D eigenvalue weighted by Crippen LogP contribution is -2.00. The molecule has 92 valence electrons. The van der Waals surface area contributed by atoms with Crippen LogP contribution in [-0.4, -0.2) is 27.4 Å². The van der Waals surface area contributed by atoms with Crippen LogP contribution in [0.2, 0.25) is 0 Å². The molecular weight excluding hydrogens is 218 g/mol. The average Bonchev–Trinajstić information content (AvgIpc) is 2.38. The Balaban J connectivity index is 2.47. The number of nitriles is 1. The number of ether oxygens (including phenoxy) is 3. The van der Waals surface area contributed by atoms with E-state index in [4.69, 9.17) is 19.5 Å². The fourth-order valence-electron chi connectivity index (χ4n) is 1.43. The van der Waals surface area contributed by atoms with E-state index in [-0.39, 0.29) is 0 Å². The zero-order chi connectivity index (χ0) is 12.5. The van der Waals surface area contributed by atoms with E-state index < -0.39 is 0 Å². The van der Waals surface area contributed by atoms with Gasteiger partial charge in [0.25, 0.3) is 0 Å². The first-order valence-corrected chi connectivity index (χ1v) is 5.45. The molecule has 4 heteroatoms. The maximum absolute atomic E-state index is 8.93. The van der Waals surface area contributed by atoms with E-state index in [9.17, 15) is 0 Å². The first kappa shape index (κ1) is 13.5. The predicted octanol–water partition coefficient (Wildman–Crippen LogP) is 2.12. The Morgan fingerprint density at radius 3 is 2.71 bits per heavy atom. The third kappa shape index (κ3) is 4.43. The fraction of sp³-hybridized carbons (Fsp3) is 0.462. The van der Waals surface area contributed by atoms with Crippen molar-refractivity contribution >= 4 is 0 Å². The van der Waals surface area contributed by atoms with Gasteiger partial charge in [0.1, 0.15) is 11.8 Å². The second-order valence-corrected chi connectivity index (χ2v) is 3.55. The van der Waals surface area contributed by atoms with E-state index in [0.29, 0.717) is 31.1 Å². The molecule has 0 atom stereocenters. The van der Waals surface area contributed by atoms with Crippen molar-refractivity contribution in [2.75, 3.05) is 27.4 Å². The largest absolute Gasteiger partial charge is 0.495 e. The molecule has 0 aromatic heterocycles. The van der Waals surface area contributed by atoms with Crippen molar-refractivity contribution in [3.63, 3.8) is 0 Å². The van der Waals surface area contributed by atoms with Gasteiger partial charge in [-0.05, 0) is 24.1 Å². The molecule has 0 bridgehead atoms. The number of nitrogens with zero attached hydrogens (tertiary/aromatic N) is 1. The van der Waals surface area contributed by atoms with E-state index in [1.54, 1.807) is 26.4 Å². The third-order valence-corrected chi connectivity index (χ3v) is 2.29. The Morgan fingerprint density at radius 1 is 1.24 bits per heavy atom. The van der Waals surface area contributed by atoms with Gasteiger partial charge < -0.3 is 14.2 Å². The first-order chi connectivity index (χ1) is 8.31. The molecule has 0 spiro atoms. The van der Waals surface area contributed by atoms with Crippen molar-refractivity contribution in [2.24, 2.45) is 0 Å². The lowest BCUT2D eigenvalue weighted by Gasteiger charge is -2.07. The summed E-state index contributed by atoms with van der Waals surface area (Å²) in [5.74, 6) is 0.593. The number of hydrogen-bond acceptors (Lipinski definition) is 4. The Morgan fingerprint density at radius 2 is 2.06 bits per heavy atom. The van der Waals surface area contributed by atoms with Gasteiger partial charge in [-0.3, -0.25) is 0 Å². The number of methoxy groups -OCH3 is 2. The molecule has 1 rings (SSSR count). The van der Waals surface area contributed by atoms with Gasteiger partial charge in [-0.1, -0.05) is 6.07 Å². The molecule has 0 fully saturated rings. The molecule has 0 radical (unpaired) electrons. The fourth-order valence-corrected chi connectivity index (χ4v) is 1.43. The highest BCUT2D eigenvalue weighted by Gasteiger charge is 2.03. The molecule has 0 aliphatic heterocycles. The molecule has 1 aromatic rings. The highest BCUT2D eigenvalue weighted by molar-refractivity contribution is 5.45. The second kappa shape index (κ2) is 7.66. The molecule has 0 N–H and O–H groups in total. The SMILES string of the molecule is COCCCOCc1ccc(OC)c(C#N)c1. The summed E-state index contributed by atoms with van der Waals surface area (Å²) in [4.78, 5) is 0. The van der Waals surface area contributed by atoms with Gasteiger partial charge in [-0.15, -0.1) is 0 Å². The van der Waals surface area contributed by atoms with Crippen LogP contribution in [0.25, 0.3) is 0 Å². The zero-order valence-electron chi connectivity index (χ0n) is 10.2. The smallest absolute Gasteiger partial charge is 0.136 e. The minimum Gasteiger partial charge on any atom is -0.495 e. The quantitative estimate of drug-likeness (QED) is 0.679. The summed E-state index contributed by atoms with van der Waals surface area (Å²) < 4.78 is 15.5.